The van der Waals surface area contributed by atoms with Gasteiger partial charge in [0.2, 0.25) is 0 Å². The summed E-state index contributed by atoms with van der Waals surface area (Å²) in [5, 5.41) is 8.88. The van der Waals surface area contributed by atoms with Gasteiger partial charge in [-0.15, -0.1) is 0 Å². The Morgan fingerprint density at radius 2 is 2.14 bits per heavy atom. The Kier molecular flexibility index (Phi) is 4.48. The summed E-state index contributed by atoms with van der Waals surface area (Å²) in [7, 11) is 0. The van der Waals surface area contributed by atoms with Crippen LogP contribution in [0.4, 0.5) is 13.2 Å². The number of carbonyl (C=O) groups is 1. The second-order valence-electron chi connectivity index (χ2n) is 3.93. The smallest absolute Gasteiger partial charge is 0.416 e. The standard InChI is InChI=1S/C12H8ClF3N2O2S/c13-8-5-7(12(14,15)16)1-2-9(8)18-4-3-17-11(18)21-6-10(19)20/h1-5H,6H2,(H,19,20). The number of aliphatic carboxylic acids is 1. The number of carboxylic acid groups (broad SMARTS) is 1. The first-order valence-corrected chi connectivity index (χ1v) is 6.90. The number of carboxylic acids is 1. The predicted octanol–water partition coefficient (Wildman–Crippen LogP) is 3.72. The predicted molar refractivity (Wildman–Crippen MR) is 71.9 cm³/mol. The first-order chi connectivity index (χ1) is 9.79. The van der Waals surface area contributed by atoms with Crippen LogP contribution in [0.5, 0.6) is 0 Å². The number of alkyl halides is 3. The molecule has 0 spiro atoms. The zero-order valence-electron chi connectivity index (χ0n) is 10.3. The lowest BCUT2D eigenvalue weighted by Gasteiger charge is -2.12. The third-order valence-corrected chi connectivity index (χ3v) is 3.72. The number of nitrogens with zero attached hydrogens (tertiary/aromatic N) is 2. The van der Waals surface area contributed by atoms with Crippen molar-refractivity contribution in [3.05, 3.63) is 41.2 Å². The van der Waals surface area contributed by atoms with Crippen LogP contribution in [0.15, 0.2) is 35.7 Å². The molecule has 112 valence electrons. The third-order valence-electron chi connectivity index (χ3n) is 2.47. The summed E-state index contributed by atoms with van der Waals surface area (Å²) in [6, 6.07) is 2.95. The van der Waals surface area contributed by atoms with Crippen molar-refractivity contribution in [2.45, 2.75) is 11.3 Å². The van der Waals surface area contributed by atoms with Crippen molar-refractivity contribution >= 4 is 29.3 Å². The van der Waals surface area contributed by atoms with Gasteiger partial charge < -0.3 is 5.11 Å². The minimum atomic E-state index is -4.47. The molecule has 1 aromatic heterocycles. The number of thioether (sulfide) groups is 1. The van der Waals surface area contributed by atoms with Gasteiger partial charge in [0.25, 0.3) is 0 Å². The summed E-state index contributed by atoms with van der Waals surface area (Å²) in [6.07, 6.45) is -1.56. The van der Waals surface area contributed by atoms with E-state index in [9.17, 15) is 18.0 Å². The fraction of sp³-hybridized carbons (Fsp3) is 0.167. The lowest BCUT2D eigenvalue weighted by molar-refractivity contribution is -0.137. The molecule has 0 saturated heterocycles. The Hall–Kier alpha value is -1.67. The average Bonchev–Trinajstić information content (AvgIpc) is 2.83. The topological polar surface area (TPSA) is 55.1 Å². The number of hydrogen-bond donors (Lipinski definition) is 1. The lowest BCUT2D eigenvalue weighted by Crippen LogP contribution is -2.06. The second-order valence-corrected chi connectivity index (χ2v) is 5.28. The highest BCUT2D eigenvalue weighted by Crippen LogP contribution is 2.34. The molecular formula is C12H8ClF3N2O2S. The van der Waals surface area contributed by atoms with Crippen molar-refractivity contribution in [2.24, 2.45) is 0 Å². The Morgan fingerprint density at radius 3 is 2.71 bits per heavy atom. The van der Waals surface area contributed by atoms with Crippen LogP contribution in [-0.2, 0) is 11.0 Å². The van der Waals surface area contributed by atoms with Crippen molar-refractivity contribution < 1.29 is 23.1 Å². The molecule has 0 aliphatic heterocycles. The van der Waals surface area contributed by atoms with Crippen LogP contribution in [0, 0.1) is 0 Å². The maximum Gasteiger partial charge on any atom is 0.416 e. The molecule has 1 heterocycles. The number of halogens is 4. The minimum Gasteiger partial charge on any atom is -0.481 e. The Balaban J connectivity index is 2.35. The van der Waals surface area contributed by atoms with Crippen LogP contribution in [0.1, 0.15) is 5.56 Å². The SMILES string of the molecule is O=C(O)CSc1nccn1-c1ccc(C(F)(F)F)cc1Cl. The van der Waals surface area contributed by atoms with Gasteiger partial charge >= 0.3 is 12.1 Å². The molecule has 9 heteroatoms. The van der Waals surface area contributed by atoms with Crippen molar-refractivity contribution in [1.29, 1.82) is 0 Å². The zero-order chi connectivity index (χ0) is 15.6. The van der Waals surface area contributed by atoms with E-state index < -0.39 is 17.7 Å². The van der Waals surface area contributed by atoms with Crippen LogP contribution >= 0.6 is 23.4 Å². The van der Waals surface area contributed by atoms with E-state index in [2.05, 4.69) is 4.98 Å². The van der Waals surface area contributed by atoms with Crippen molar-refractivity contribution in [3.63, 3.8) is 0 Å². The first kappa shape index (κ1) is 15.7. The molecule has 0 saturated carbocycles. The molecule has 0 atom stereocenters. The van der Waals surface area contributed by atoms with Gasteiger partial charge in [0, 0.05) is 12.4 Å². The average molecular weight is 337 g/mol. The maximum atomic E-state index is 12.6. The molecule has 21 heavy (non-hydrogen) atoms. The fourth-order valence-electron chi connectivity index (χ4n) is 1.58. The number of hydrogen-bond acceptors (Lipinski definition) is 3. The Bertz CT molecular complexity index is 673. The molecule has 0 aliphatic rings. The van der Waals surface area contributed by atoms with E-state index in [-0.39, 0.29) is 10.8 Å². The van der Waals surface area contributed by atoms with E-state index in [0.29, 0.717) is 10.8 Å². The Morgan fingerprint density at radius 1 is 1.43 bits per heavy atom. The molecule has 1 N–H and O–H groups in total. The van der Waals surface area contributed by atoms with E-state index in [1.807, 2.05) is 0 Å². The lowest BCUT2D eigenvalue weighted by atomic mass is 10.2. The maximum absolute atomic E-state index is 12.6. The fourth-order valence-corrected chi connectivity index (χ4v) is 2.54. The molecule has 0 amide bonds. The highest BCUT2D eigenvalue weighted by Gasteiger charge is 2.31. The highest BCUT2D eigenvalue weighted by atomic mass is 35.5. The first-order valence-electron chi connectivity index (χ1n) is 5.54. The van der Waals surface area contributed by atoms with Crippen molar-refractivity contribution in [2.75, 3.05) is 5.75 Å². The van der Waals surface area contributed by atoms with E-state index in [1.165, 1.54) is 23.0 Å². The van der Waals surface area contributed by atoms with Gasteiger partial charge in [-0.3, -0.25) is 9.36 Å². The van der Waals surface area contributed by atoms with Gasteiger partial charge in [0.15, 0.2) is 5.16 Å². The number of benzene rings is 1. The summed E-state index contributed by atoms with van der Waals surface area (Å²) in [4.78, 5) is 14.5. The zero-order valence-corrected chi connectivity index (χ0v) is 11.8. The van der Waals surface area contributed by atoms with Gasteiger partial charge in [0.1, 0.15) is 0 Å². The summed E-state index contributed by atoms with van der Waals surface area (Å²) < 4.78 is 39.2. The minimum absolute atomic E-state index is 0.0972. The van der Waals surface area contributed by atoms with Gasteiger partial charge in [-0.1, -0.05) is 23.4 Å². The second kappa shape index (κ2) is 5.98. The van der Waals surface area contributed by atoms with E-state index >= 15 is 0 Å². The summed E-state index contributed by atoms with van der Waals surface area (Å²) in [6.45, 7) is 0. The molecule has 4 nitrogen and oxygen atoms in total. The normalized spacial score (nSPS) is 11.6. The summed E-state index contributed by atoms with van der Waals surface area (Å²) in [5.41, 5.74) is -0.550. The van der Waals surface area contributed by atoms with Crippen LogP contribution in [-0.4, -0.2) is 26.4 Å². The third kappa shape index (κ3) is 3.70. The summed E-state index contributed by atoms with van der Waals surface area (Å²) in [5.74, 6) is -1.23. The summed E-state index contributed by atoms with van der Waals surface area (Å²) >= 11 is 6.83. The molecule has 0 radical (unpaired) electrons. The van der Waals surface area contributed by atoms with Crippen molar-refractivity contribution in [1.82, 2.24) is 9.55 Å². The quantitative estimate of drug-likeness (QED) is 0.865. The van der Waals surface area contributed by atoms with Gasteiger partial charge in [0.05, 0.1) is 22.0 Å². The Labute approximate surface area is 126 Å². The molecule has 1 aromatic carbocycles. The molecule has 0 unspecified atom stereocenters. The molecule has 2 aromatic rings. The molecule has 2 rings (SSSR count). The van der Waals surface area contributed by atoms with Crippen LogP contribution in [0.2, 0.25) is 5.02 Å². The van der Waals surface area contributed by atoms with Crippen molar-refractivity contribution in [3.8, 4) is 5.69 Å². The van der Waals surface area contributed by atoms with Crippen LogP contribution in [0.25, 0.3) is 5.69 Å². The van der Waals surface area contributed by atoms with E-state index in [1.54, 1.807) is 0 Å². The number of imidazole rings is 1. The van der Waals surface area contributed by atoms with E-state index in [0.717, 1.165) is 23.9 Å². The molecule has 0 bridgehead atoms. The van der Waals surface area contributed by atoms with Gasteiger partial charge in [-0.2, -0.15) is 13.2 Å². The highest BCUT2D eigenvalue weighted by molar-refractivity contribution is 7.99. The molecule has 0 fully saturated rings. The molecule has 0 aliphatic carbocycles. The van der Waals surface area contributed by atoms with Gasteiger partial charge in [-0.05, 0) is 18.2 Å². The number of rotatable bonds is 4. The monoisotopic (exact) mass is 336 g/mol. The van der Waals surface area contributed by atoms with Crippen LogP contribution in [0.3, 0.4) is 0 Å². The van der Waals surface area contributed by atoms with E-state index in [4.69, 9.17) is 16.7 Å². The number of aromatic nitrogens is 2. The molecular weight excluding hydrogens is 329 g/mol. The van der Waals surface area contributed by atoms with Gasteiger partial charge in [-0.25, -0.2) is 4.98 Å². The van der Waals surface area contributed by atoms with Crippen LogP contribution < -0.4 is 0 Å². The largest absolute Gasteiger partial charge is 0.481 e.